The van der Waals surface area contributed by atoms with Crippen molar-refractivity contribution in [3.63, 3.8) is 0 Å². The highest BCUT2D eigenvalue weighted by atomic mass is 79.9. The predicted molar refractivity (Wildman–Crippen MR) is 85.4 cm³/mol. The number of nitrogens with zero attached hydrogens (tertiary/aromatic N) is 1. The first-order valence-corrected chi connectivity index (χ1v) is 7.03. The molecule has 4 nitrogen and oxygen atoms in total. The second-order valence-corrected chi connectivity index (χ2v) is 5.40. The largest absolute Gasteiger partial charge is 0.373 e. The fourth-order valence-electron chi connectivity index (χ4n) is 1.80. The molecule has 1 heterocycles. The van der Waals surface area contributed by atoms with E-state index in [0.29, 0.717) is 11.4 Å². The summed E-state index contributed by atoms with van der Waals surface area (Å²) in [7, 11) is 1.78. The first kappa shape index (κ1) is 14.5. The van der Waals surface area contributed by atoms with Gasteiger partial charge in [-0.1, -0.05) is 22.0 Å². The van der Waals surface area contributed by atoms with E-state index in [1.165, 1.54) is 0 Å². The summed E-state index contributed by atoms with van der Waals surface area (Å²) >= 11 is 3.46. The Labute approximate surface area is 126 Å². The number of carbonyl (C=O) groups excluding carboxylic acids is 1. The molecule has 0 radical (unpaired) electrons. The van der Waals surface area contributed by atoms with Gasteiger partial charge in [-0.15, -0.1) is 0 Å². The molecule has 0 bridgehead atoms. The standard InChI is InChI=1S/C15H16BrN3O/c1-9-4-5-12(8-13(9)16)19-15(20)11-6-10(2)18-14(7-11)17-3/h4-8H,1-3H3,(H,17,18)(H,19,20). The van der Waals surface area contributed by atoms with E-state index in [-0.39, 0.29) is 5.91 Å². The molecule has 20 heavy (non-hydrogen) atoms. The highest BCUT2D eigenvalue weighted by Gasteiger charge is 2.09. The summed E-state index contributed by atoms with van der Waals surface area (Å²) < 4.78 is 0.970. The fourth-order valence-corrected chi connectivity index (χ4v) is 2.18. The van der Waals surface area contributed by atoms with Crippen LogP contribution in [0.4, 0.5) is 11.5 Å². The van der Waals surface area contributed by atoms with Crippen molar-refractivity contribution in [1.29, 1.82) is 0 Å². The van der Waals surface area contributed by atoms with E-state index in [9.17, 15) is 4.79 Å². The lowest BCUT2D eigenvalue weighted by Gasteiger charge is -2.09. The maximum Gasteiger partial charge on any atom is 0.255 e. The van der Waals surface area contributed by atoms with E-state index >= 15 is 0 Å². The lowest BCUT2D eigenvalue weighted by Crippen LogP contribution is -2.13. The molecule has 1 amide bonds. The minimum Gasteiger partial charge on any atom is -0.373 e. The number of aryl methyl sites for hydroxylation is 2. The third-order valence-electron chi connectivity index (χ3n) is 2.90. The molecule has 1 aromatic heterocycles. The molecule has 2 N–H and O–H groups in total. The Morgan fingerprint density at radius 1 is 1.20 bits per heavy atom. The lowest BCUT2D eigenvalue weighted by atomic mass is 10.2. The van der Waals surface area contributed by atoms with E-state index in [1.54, 1.807) is 19.2 Å². The van der Waals surface area contributed by atoms with Gasteiger partial charge in [-0.05, 0) is 43.7 Å². The van der Waals surface area contributed by atoms with Gasteiger partial charge in [-0.25, -0.2) is 4.98 Å². The number of carbonyl (C=O) groups is 1. The van der Waals surface area contributed by atoms with Crippen LogP contribution in [0.2, 0.25) is 0 Å². The molecule has 5 heteroatoms. The average molecular weight is 334 g/mol. The number of nitrogens with one attached hydrogen (secondary N) is 2. The van der Waals surface area contributed by atoms with Crippen LogP contribution in [-0.2, 0) is 0 Å². The Morgan fingerprint density at radius 2 is 1.95 bits per heavy atom. The number of aromatic nitrogens is 1. The molecular formula is C15H16BrN3O. The summed E-state index contributed by atoms with van der Waals surface area (Å²) in [5.74, 6) is 0.531. The zero-order valence-electron chi connectivity index (χ0n) is 11.6. The molecule has 0 aliphatic carbocycles. The second-order valence-electron chi connectivity index (χ2n) is 4.55. The lowest BCUT2D eigenvalue weighted by molar-refractivity contribution is 0.102. The minimum absolute atomic E-state index is 0.150. The van der Waals surface area contributed by atoms with Gasteiger partial charge >= 0.3 is 0 Å². The Hall–Kier alpha value is -1.88. The van der Waals surface area contributed by atoms with Crippen LogP contribution in [0.25, 0.3) is 0 Å². The highest BCUT2D eigenvalue weighted by Crippen LogP contribution is 2.21. The Bertz CT molecular complexity index is 656. The predicted octanol–water partition coefficient (Wildman–Crippen LogP) is 3.75. The SMILES string of the molecule is CNc1cc(C(=O)Nc2ccc(C)c(Br)c2)cc(C)n1. The molecule has 2 rings (SSSR count). The highest BCUT2D eigenvalue weighted by molar-refractivity contribution is 9.10. The topological polar surface area (TPSA) is 54.0 Å². The quantitative estimate of drug-likeness (QED) is 0.899. The van der Waals surface area contributed by atoms with Crippen molar-refractivity contribution in [2.75, 3.05) is 17.7 Å². The van der Waals surface area contributed by atoms with E-state index in [4.69, 9.17) is 0 Å². The average Bonchev–Trinajstić information content (AvgIpc) is 2.42. The molecular weight excluding hydrogens is 318 g/mol. The van der Waals surface area contributed by atoms with Gasteiger partial charge in [0.2, 0.25) is 0 Å². The van der Waals surface area contributed by atoms with E-state index in [0.717, 1.165) is 21.4 Å². The normalized spacial score (nSPS) is 10.2. The first-order chi connectivity index (χ1) is 9.49. The van der Waals surface area contributed by atoms with Crippen molar-refractivity contribution in [2.45, 2.75) is 13.8 Å². The number of benzene rings is 1. The molecule has 0 aliphatic heterocycles. The number of rotatable bonds is 3. The molecule has 2 aromatic rings. The third kappa shape index (κ3) is 3.36. The third-order valence-corrected chi connectivity index (χ3v) is 3.76. The Kier molecular flexibility index (Phi) is 4.39. The summed E-state index contributed by atoms with van der Waals surface area (Å²) in [6, 6.07) is 9.22. The van der Waals surface area contributed by atoms with Gasteiger partial charge in [0.05, 0.1) is 0 Å². The van der Waals surface area contributed by atoms with Gasteiger partial charge < -0.3 is 10.6 Å². The Balaban J connectivity index is 2.23. The smallest absolute Gasteiger partial charge is 0.255 e. The molecule has 0 aliphatic rings. The van der Waals surface area contributed by atoms with Gasteiger partial charge in [-0.2, -0.15) is 0 Å². The van der Waals surface area contributed by atoms with Gasteiger partial charge in [-0.3, -0.25) is 4.79 Å². The zero-order valence-corrected chi connectivity index (χ0v) is 13.2. The number of hydrogen-bond acceptors (Lipinski definition) is 3. The molecule has 0 fully saturated rings. The summed E-state index contributed by atoms with van der Waals surface area (Å²) in [6.07, 6.45) is 0. The molecule has 0 saturated carbocycles. The van der Waals surface area contributed by atoms with Crippen LogP contribution in [0.3, 0.4) is 0 Å². The summed E-state index contributed by atoms with van der Waals surface area (Å²) in [4.78, 5) is 16.5. The Morgan fingerprint density at radius 3 is 2.60 bits per heavy atom. The van der Waals surface area contributed by atoms with Crippen molar-refractivity contribution in [3.05, 3.63) is 51.6 Å². The molecule has 1 aromatic carbocycles. The summed E-state index contributed by atoms with van der Waals surface area (Å²) in [5, 5.41) is 5.83. The molecule has 0 unspecified atom stereocenters. The van der Waals surface area contributed by atoms with Crippen LogP contribution in [0.15, 0.2) is 34.8 Å². The van der Waals surface area contributed by atoms with E-state index < -0.39 is 0 Å². The number of anilines is 2. The van der Waals surface area contributed by atoms with E-state index in [2.05, 4.69) is 31.5 Å². The molecule has 0 saturated heterocycles. The van der Waals surface area contributed by atoms with E-state index in [1.807, 2.05) is 32.0 Å². The van der Waals surface area contributed by atoms with Crippen molar-refractivity contribution in [2.24, 2.45) is 0 Å². The van der Waals surface area contributed by atoms with Gasteiger partial charge in [0.1, 0.15) is 5.82 Å². The van der Waals surface area contributed by atoms with Crippen molar-refractivity contribution < 1.29 is 4.79 Å². The number of halogens is 1. The van der Waals surface area contributed by atoms with Crippen LogP contribution in [0.5, 0.6) is 0 Å². The summed E-state index contributed by atoms with van der Waals surface area (Å²) in [6.45, 7) is 3.86. The van der Waals surface area contributed by atoms with Gasteiger partial charge in [0.25, 0.3) is 5.91 Å². The number of hydrogen-bond donors (Lipinski definition) is 2. The van der Waals surface area contributed by atoms with Gasteiger partial charge in [0.15, 0.2) is 0 Å². The number of pyridine rings is 1. The fraction of sp³-hybridized carbons (Fsp3) is 0.200. The molecule has 0 spiro atoms. The van der Waals surface area contributed by atoms with Gasteiger partial charge in [0, 0.05) is 28.5 Å². The first-order valence-electron chi connectivity index (χ1n) is 6.23. The second kappa shape index (κ2) is 6.05. The van der Waals surface area contributed by atoms with Crippen molar-refractivity contribution in [3.8, 4) is 0 Å². The van der Waals surface area contributed by atoms with Crippen LogP contribution in [0, 0.1) is 13.8 Å². The number of amides is 1. The maximum atomic E-state index is 12.2. The van der Waals surface area contributed by atoms with Crippen LogP contribution in [-0.4, -0.2) is 17.9 Å². The van der Waals surface area contributed by atoms with Crippen LogP contribution >= 0.6 is 15.9 Å². The monoisotopic (exact) mass is 333 g/mol. The van der Waals surface area contributed by atoms with Crippen LogP contribution in [0.1, 0.15) is 21.6 Å². The summed E-state index contributed by atoms with van der Waals surface area (Å²) in [5.41, 5.74) is 3.26. The molecule has 0 atom stereocenters. The zero-order chi connectivity index (χ0) is 14.7. The maximum absolute atomic E-state index is 12.2. The van der Waals surface area contributed by atoms with Crippen LogP contribution < -0.4 is 10.6 Å². The minimum atomic E-state index is -0.150. The van der Waals surface area contributed by atoms with Crippen molar-refractivity contribution in [1.82, 2.24) is 4.98 Å². The molecule has 104 valence electrons. The van der Waals surface area contributed by atoms with Crippen molar-refractivity contribution >= 4 is 33.3 Å².